The van der Waals surface area contributed by atoms with E-state index in [1.54, 1.807) is 24.4 Å². The molecule has 5 rings (SSSR count). The number of imidazole rings is 1. The second-order valence-electron chi connectivity index (χ2n) is 8.79. The van der Waals surface area contributed by atoms with Gasteiger partial charge in [-0.3, -0.25) is 4.79 Å². The first-order valence-electron chi connectivity index (χ1n) is 11.8. The van der Waals surface area contributed by atoms with Crippen molar-refractivity contribution in [1.29, 1.82) is 0 Å². The number of hydrogen-bond acceptors (Lipinski definition) is 4. The van der Waals surface area contributed by atoms with Crippen LogP contribution in [0.4, 0.5) is 4.39 Å². The number of carbonyl (C=O) groups excluding carboxylic acids is 1. The molecule has 7 heteroatoms. The molecule has 3 heterocycles. The number of rotatable bonds is 6. The summed E-state index contributed by atoms with van der Waals surface area (Å²) in [6.07, 6.45) is 5.36. The van der Waals surface area contributed by atoms with Gasteiger partial charge in [-0.05, 0) is 49.6 Å². The zero-order chi connectivity index (χ0) is 24.2. The first kappa shape index (κ1) is 22.8. The average molecular weight is 471 g/mol. The molecule has 178 valence electrons. The van der Waals surface area contributed by atoms with Crippen LogP contribution in [0.2, 0.25) is 0 Å². The topological polar surface area (TPSA) is 60.2 Å². The number of pyridine rings is 1. The number of aromatic nitrogens is 3. The third kappa shape index (κ3) is 5.24. The molecule has 0 unspecified atom stereocenters. The van der Waals surface area contributed by atoms with E-state index in [0.717, 1.165) is 35.5 Å². The van der Waals surface area contributed by atoms with Crippen LogP contribution < -0.4 is 4.74 Å². The van der Waals surface area contributed by atoms with E-state index < -0.39 is 0 Å². The number of benzene rings is 2. The first-order valence-corrected chi connectivity index (χ1v) is 11.8. The summed E-state index contributed by atoms with van der Waals surface area (Å²) >= 11 is 0. The maximum atomic E-state index is 13.5. The summed E-state index contributed by atoms with van der Waals surface area (Å²) in [6, 6.07) is 19.5. The fraction of sp³-hybridized carbons (Fsp3) is 0.250. The molecule has 0 N–H and O–H groups in total. The standard InChI is InChI=1S/C28H27FN4O2/c1-20-30-14-17-33(20)19-22-6-2-3-9-25(22)28(34)32-15-12-21(13-16-32)26-10-5-11-27(31-26)35-24-8-4-7-23(29)18-24/h2-11,14,17-18,21H,12-13,15-16,19H2,1H3. The van der Waals surface area contributed by atoms with Crippen molar-refractivity contribution in [1.82, 2.24) is 19.4 Å². The molecule has 0 spiro atoms. The molecule has 0 aliphatic carbocycles. The van der Waals surface area contributed by atoms with Crippen molar-refractivity contribution in [2.45, 2.75) is 32.2 Å². The number of aryl methyl sites for hydroxylation is 1. The van der Waals surface area contributed by atoms with Crippen LogP contribution in [0.5, 0.6) is 11.6 Å². The Balaban J connectivity index is 1.24. The van der Waals surface area contributed by atoms with Crippen molar-refractivity contribution in [3.05, 3.63) is 108 Å². The molecule has 0 bridgehead atoms. The van der Waals surface area contributed by atoms with Crippen LogP contribution in [0.15, 0.2) is 79.1 Å². The largest absolute Gasteiger partial charge is 0.439 e. The summed E-state index contributed by atoms with van der Waals surface area (Å²) in [5.41, 5.74) is 2.66. The Morgan fingerprint density at radius 1 is 1.06 bits per heavy atom. The lowest BCUT2D eigenvalue weighted by molar-refractivity contribution is 0.0710. The maximum Gasteiger partial charge on any atom is 0.254 e. The van der Waals surface area contributed by atoms with Crippen LogP contribution >= 0.6 is 0 Å². The molecule has 1 aliphatic rings. The zero-order valence-electron chi connectivity index (χ0n) is 19.6. The molecule has 0 atom stereocenters. The van der Waals surface area contributed by atoms with E-state index in [4.69, 9.17) is 4.74 Å². The first-order chi connectivity index (χ1) is 17.1. The molecule has 1 fully saturated rings. The van der Waals surface area contributed by atoms with Crippen molar-refractivity contribution in [2.24, 2.45) is 0 Å². The summed E-state index contributed by atoms with van der Waals surface area (Å²) in [5, 5.41) is 0. The summed E-state index contributed by atoms with van der Waals surface area (Å²) in [7, 11) is 0. The molecule has 2 aromatic heterocycles. The minimum atomic E-state index is -0.350. The van der Waals surface area contributed by atoms with Crippen molar-refractivity contribution < 1.29 is 13.9 Å². The monoisotopic (exact) mass is 470 g/mol. The predicted octanol–water partition coefficient (Wildman–Crippen LogP) is 5.59. The van der Waals surface area contributed by atoms with Gasteiger partial charge in [0.1, 0.15) is 17.4 Å². The molecule has 35 heavy (non-hydrogen) atoms. The highest BCUT2D eigenvalue weighted by Crippen LogP contribution is 2.30. The van der Waals surface area contributed by atoms with Crippen LogP contribution in [0.3, 0.4) is 0 Å². The van der Waals surface area contributed by atoms with E-state index in [1.807, 2.05) is 59.0 Å². The molecule has 4 aromatic rings. The minimum absolute atomic E-state index is 0.0629. The molecule has 0 saturated carbocycles. The Morgan fingerprint density at radius 3 is 2.63 bits per heavy atom. The number of hydrogen-bond donors (Lipinski definition) is 0. The van der Waals surface area contributed by atoms with E-state index >= 15 is 0 Å². The SMILES string of the molecule is Cc1nccn1Cc1ccccc1C(=O)N1CCC(c2cccc(Oc3cccc(F)c3)n2)CC1. The Kier molecular flexibility index (Phi) is 6.57. The van der Waals surface area contributed by atoms with Gasteiger partial charge in [0.25, 0.3) is 5.91 Å². The lowest BCUT2D eigenvalue weighted by Gasteiger charge is -2.32. The fourth-order valence-corrected chi connectivity index (χ4v) is 4.54. The lowest BCUT2D eigenvalue weighted by atomic mass is 9.92. The third-order valence-corrected chi connectivity index (χ3v) is 6.48. The predicted molar refractivity (Wildman–Crippen MR) is 131 cm³/mol. The second-order valence-corrected chi connectivity index (χ2v) is 8.79. The smallest absolute Gasteiger partial charge is 0.254 e. The molecule has 1 amide bonds. The van der Waals surface area contributed by atoms with Crippen LogP contribution in [-0.2, 0) is 6.54 Å². The number of nitrogens with zero attached hydrogens (tertiary/aromatic N) is 4. The van der Waals surface area contributed by atoms with Gasteiger partial charge >= 0.3 is 0 Å². The normalized spacial score (nSPS) is 14.2. The molecule has 2 aromatic carbocycles. The molecular formula is C28H27FN4O2. The summed E-state index contributed by atoms with van der Waals surface area (Å²) < 4.78 is 21.3. The van der Waals surface area contributed by atoms with Gasteiger partial charge in [0.2, 0.25) is 5.88 Å². The Labute approximate surface area is 204 Å². The van der Waals surface area contributed by atoms with Gasteiger partial charge < -0.3 is 14.2 Å². The van der Waals surface area contributed by atoms with Gasteiger partial charge in [-0.25, -0.2) is 14.4 Å². The molecule has 1 saturated heterocycles. The van der Waals surface area contributed by atoms with Crippen LogP contribution in [0.1, 0.15) is 46.2 Å². The minimum Gasteiger partial charge on any atom is -0.439 e. The summed E-state index contributed by atoms with van der Waals surface area (Å²) in [6.45, 7) is 3.91. The number of piperidine rings is 1. The number of likely N-dealkylation sites (tertiary alicyclic amines) is 1. The highest BCUT2D eigenvalue weighted by molar-refractivity contribution is 5.95. The van der Waals surface area contributed by atoms with E-state index in [0.29, 0.717) is 31.3 Å². The van der Waals surface area contributed by atoms with Gasteiger partial charge in [-0.2, -0.15) is 0 Å². The van der Waals surface area contributed by atoms with Gasteiger partial charge in [0.15, 0.2) is 0 Å². The molecular weight excluding hydrogens is 443 g/mol. The number of carbonyl (C=O) groups is 1. The Bertz CT molecular complexity index is 1330. The average Bonchev–Trinajstić information content (AvgIpc) is 3.28. The zero-order valence-corrected chi connectivity index (χ0v) is 19.6. The number of amides is 1. The van der Waals surface area contributed by atoms with Gasteiger partial charge in [-0.15, -0.1) is 0 Å². The quantitative estimate of drug-likeness (QED) is 0.369. The van der Waals surface area contributed by atoms with E-state index in [9.17, 15) is 9.18 Å². The Hall–Kier alpha value is -4.00. The Morgan fingerprint density at radius 2 is 1.86 bits per heavy atom. The van der Waals surface area contributed by atoms with E-state index in [2.05, 4.69) is 9.97 Å². The number of halogens is 1. The van der Waals surface area contributed by atoms with E-state index in [-0.39, 0.29) is 17.6 Å². The number of ether oxygens (including phenoxy) is 1. The van der Waals surface area contributed by atoms with Crippen molar-refractivity contribution in [3.8, 4) is 11.6 Å². The third-order valence-electron chi connectivity index (χ3n) is 6.48. The van der Waals surface area contributed by atoms with Gasteiger partial charge in [-0.1, -0.05) is 30.3 Å². The van der Waals surface area contributed by atoms with E-state index in [1.165, 1.54) is 12.1 Å². The fourth-order valence-electron chi connectivity index (χ4n) is 4.54. The maximum absolute atomic E-state index is 13.5. The summed E-state index contributed by atoms with van der Waals surface area (Å²) in [4.78, 5) is 24.3. The van der Waals surface area contributed by atoms with Crippen molar-refractivity contribution in [3.63, 3.8) is 0 Å². The lowest BCUT2D eigenvalue weighted by Crippen LogP contribution is -2.38. The molecule has 0 radical (unpaired) electrons. The van der Waals surface area contributed by atoms with Crippen LogP contribution in [-0.4, -0.2) is 38.4 Å². The van der Waals surface area contributed by atoms with Crippen molar-refractivity contribution in [2.75, 3.05) is 13.1 Å². The van der Waals surface area contributed by atoms with Crippen molar-refractivity contribution >= 4 is 5.91 Å². The van der Waals surface area contributed by atoms with Gasteiger partial charge in [0.05, 0.1) is 0 Å². The molecule has 1 aliphatic heterocycles. The highest BCUT2D eigenvalue weighted by atomic mass is 19.1. The van der Waals surface area contributed by atoms with Crippen LogP contribution in [0.25, 0.3) is 0 Å². The highest BCUT2D eigenvalue weighted by Gasteiger charge is 2.26. The molecule has 6 nitrogen and oxygen atoms in total. The second kappa shape index (κ2) is 10.1. The van der Waals surface area contributed by atoms with Crippen LogP contribution in [0, 0.1) is 12.7 Å². The van der Waals surface area contributed by atoms with Gasteiger partial charge in [0, 0.05) is 61.3 Å². The summed E-state index contributed by atoms with van der Waals surface area (Å²) in [5.74, 6) is 1.73.